The monoisotopic (exact) mass is 292 g/mol. The van der Waals surface area contributed by atoms with Gasteiger partial charge in [-0.15, -0.1) is 0 Å². The van der Waals surface area contributed by atoms with Crippen LogP contribution in [-0.4, -0.2) is 24.2 Å². The minimum absolute atomic E-state index is 0.0836. The van der Waals surface area contributed by atoms with E-state index < -0.39 is 0 Å². The first-order valence-electron chi connectivity index (χ1n) is 7.02. The fraction of sp³-hybridized carbons (Fsp3) is 0.111. The van der Waals surface area contributed by atoms with Gasteiger partial charge in [-0.25, -0.2) is 5.01 Å². The maximum absolute atomic E-state index is 12.3. The molecule has 1 aliphatic rings. The normalized spacial score (nSPS) is 15.6. The molecule has 0 radical (unpaired) electrons. The zero-order valence-electron chi connectivity index (χ0n) is 12.3. The van der Waals surface area contributed by atoms with Gasteiger partial charge in [0.25, 0.3) is 5.91 Å². The van der Waals surface area contributed by atoms with Crippen LogP contribution in [-0.2, 0) is 11.3 Å². The topological polar surface area (TPSA) is 41.9 Å². The number of carbonyl (C=O) groups excluding carboxylic acids is 1. The molecular formula is C18H16N2O2. The smallest absolute Gasteiger partial charge is 0.275 e. The Morgan fingerprint density at radius 2 is 1.82 bits per heavy atom. The van der Waals surface area contributed by atoms with Gasteiger partial charge in [0.05, 0.1) is 25.4 Å². The van der Waals surface area contributed by atoms with Crippen LogP contribution < -0.4 is 4.74 Å². The van der Waals surface area contributed by atoms with Crippen LogP contribution in [0.5, 0.6) is 5.75 Å². The highest BCUT2D eigenvalue weighted by Gasteiger charge is 2.22. The summed E-state index contributed by atoms with van der Waals surface area (Å²) in [7, 11) is 1.63. The average Bonchev–Trinajstić information content (AvgIpc) is 2.90. The zero-order valence-corrected chi connectivity index (χ0v) is 12.3. The molecule has 0 unspecified atom stereocenters. The highest BCUT2D eigenvalue weighted by Crippen LogP contribution is 2.18. The Morgan fingerprint density at radius 3 is 2.50 bits per heavy atom. The lowest BCUT2D eigenvalue weighted by molar-refractivity contribution is -0.126. The first-order valence-corrected chi connectivity index (χ1v) is 7.02. The summed E-state index contributed by atoms with van der Waals surface area (Å²) in [5.74, 6) is 0.712. The average molecular weight is 292 g/mol. The number of amides is 1. The highest BCUT2D eigenvalue weighted by molar-refractivity contribution is 6.18. The molecule has 1 heterocycles. The largest absolute Gasteiger partial charge is 0.497 e. The minimum atomic E-state index is -0.0836. The van der Waals surface area contributed by atoms with E-state index in [-0.39, 0.29) is 5.91 Å². The van der Waals surface area contributed by atoms with Crippen molar-refractivity contribution in [3.8, 4) is 5.75 Å². The molecule has 1 aliphatic heterocycles. The summed E-state index contributed by atoms with van der Waals surface area (Å²) < 4.78 is 5.12. The lowest BCUT2D eigenvalue weighted by Crippen LogP contribution is -2.21. The third-order valence-electron chi connectivity index (χ3n) is 3.43. The van der Waals surface area contributed by atoms with Gasteiger partial charge in [-0.1, -0.05) is 42.5 Å². The van der Waals surface area contributed by atoms with Crippen LogP contribution in [0.15, 0.2) is 65.3 Å². The third kappa shape index (κ3) is 3.06. The van der Waals surface area contributed by atoms with Gasteiger partial charge >= 0.3 is 0 Å². The molecule has 2 aromatic rings. The van der Waals surface area contributed by atoms with E-state index in [0.717, 1.165) is 16.9 Å². The maximum atomic E-state index is 12.3. The van der Waals surface area contributed by atoms with Crippen molar-refractivity contribution in [3.63, 3.8) is 0 Å². The first-order chi connectivity index (χ1) is 10.8. The Labute approximate surface area is 129 Å². The molecule has 2 aromatic carbocycles. The van der Waals surface area contributed by atoms with Crippen LogP contribution in [0.4, 0.5) is 0 Å². The molecule has 0 spiro atoms. The molecule has 0 fully saturated rings. The molecule has 3 rings (SSSR count). The molecule has 0 bridgehead atoms. The van der Waals surface area contributed by atoms with Crippen LogP contribution in [0.2, 0.25) is 0 Å². The second kappa shape index (κ2) is 6.26. The number of hydrogen-bond donors (Lipinski definition) is 0. The fourth-order valence-electron chi connectivity index (χ4n) is 2.23. The SMILES string of the molecule is COc1ccc(CN2N=C/C(=C\c3ccccc3)C2=O)cc1. The van der Waals surface area contributed by atoms with E-state index in [1.54, 1.807) is 13.3 Å². The Hall–Kier alpha value is -2.88. The predicted octanol–water partition coefficient (Wildman–Crippen LogP) is 3.11. The Kier molecular flexibility index (Phi) is 4.01. The molecule has 0 saturated heterocycles. The van der Waals surface area contributed by atoms with E-state index in [0.29, 0.717) is 12.1 Å². The van der Waals surface area contributed by atoms with Crippen LogP contribution in [0.25, 0.3) is 6.08 Å². The summed E-state index contributed by atoms with van der Waals surface area (Å²) in [6.07, 6.45) is 3.46. The van der Waals surface area contributed by atoms with Gasteiger partial charge in [0.15, 0.2) is 0 Å². The fourth-order valence-corrected chi connectivity index (χ4v) is 2.23. The van der Waals surface area contributed by atoms with Crippen LogP contribution in [0, 0.1) is 0 Å². The van der Waals surface area contributed by atoms with Gasteiger partial charge in [-0.3, -0.25) is 4.79 Å². The van der Waals surface area contributed by atoms with Gasteiger partial charge in [-0.2, -0.15) is 5.10 Å². The van der Waals surface area contributed by atoms with Crippen molar-refractivity contribution in [3.05, 3.63) is 71.3 Å². The number of benzene rings is 2. The van der Waals surface area contributed by atoms with Crippen LogP contribution >= 0.6 is 0 Å². The summed E-state index contributed by atoms with van der Waals surface area (Å²) in [6, 6.07) is 17.4. The Balaban J connectivity index is 1.71. The van der Waals surface area contributed by atoms with Crippen molar-refractivity contribution >= 4 is 18.2 Å². The van der Waals surface area contributed by atoms with Crippen molar-refractivity contribution in [2.75, 3.05) is 7.11 Å². The lowest BCUT2D eigenvalue weighted by Gasteiger charge is -2.12. The number of ether oxygens (including phenoxy) is 1. The molecule has 1 amide bonds. The Bertz CT molecular complexity index is 719. The van der Waals surface area contributed by atoms with Crippen molar-refractivity contribution < 1.29 is 9.53 Å². The number of hydrogen-bond acceptors (Lipinski definition) is 3. The lowest BCUT2D eigenvalue weighted by atomic mass is 10.1. The second-order valence-corrected chi connectivity index (χ2v) is 4.97. The molecular weight excluding hydrogens is 276 g/mol. The van der Waals surface area contributed by atoms with E-state index in [2.05, 4.69) is 5.10 Å². The summed E-state index contributed by atoms with van der Waals surface area (Å²) in [5.41, 5.74) is 2.59. The molecule has 0 aliphatic carbocycles. The van der Waals surface area contributed by atoms with Gasteiger partial charge in [-0.05, 0) is 29.3 Å². The quantitative estimate of drug-likeness (QED) is 0.813. The summed E-state index contributed by atoms with van der Waals surface area (Å²) in [6.45, 7) is 0.450. The summed E-state index contributed by atoms with van der Waals surface area (Å²) >= 11 is 0. The standard InChI is InChI=1S/C18H16N2O2/c1-22-17-9-7-15(8-10-17)13-20-18(21)16(12-19-20)11-14-5-3-2-4-6-14/h2-12H,13H2,1H3/b16-11+. The molecule has 4 heteroatoms. The number of methoxy groups -OCH3 is 1. The molecule has 0 N–H and O–H groups in total. The number of hydrazone groups is 1. The molecule has 0 aromatic heterocycles. The zero-order chi connectivity index (χ0) is 15.4. The summed E-state index contributed by atoms with van der Waals surface area (Å²) in [4.78, 5) is 12.3. The van der Waals surface area contributed by atoms with E-state index in [9.17, 15) is 4.79 Å². The number of carbonyl (C=O) groups is 1. The maximum Gasteiger partial charge on any atom is 0.275 e. The third-order valence-corrected chi connectivity index (χ3v) is 3.43. The molecule has 0 atom stereocenters. The predicted molar refractivity (Wildman–Crippen MR) is 86.5 cm³/mol. The second-order valence-electron chi connectivity index (χ2n) is 4.97. The molecule has 110 valence electrons. The highest BCUT2D eigenvalue weighted by atomic mass is 16.5. The van der Waals surface area contributed by atoms with Crippen molar-refractivity contribution in [2.24, 2.45) is 5.10 Å². The molecule has 0 saturated carbocycles. The number of nitrogens with zero attached hydrogens (tertiary/aromatic N) is 2. The van der Waals surface area contributed by atoms with Crippen molar-refractivity contribution in [1.29, 1.82) is 0 Å². The van der Waals surface area contributed by atoms with Crippen LogP contribution in [0.3, 0.4) is 0 Å². The van der Waals surface area contributed by atoms with Gasteiger partial charge in [0.1, 0.15) is 5.75 Å². The molecule has 4 nitrogen and oxygen atoms in total. The van der Waals surface area contributed by atoms with Crippen LogP contribution in [0.1, 0.15) is 11.1 Å². The number of rotatable bonds is 4. The minimum Gasteiger partial charge on any atom is -0.497 e. The van der Waals surface area contributed by atoms with Gasteiger partial charge in [0.2, 0.25) is 0 Å². The molecule has 22 heavy (non-hydrogen) atoms. The first kappa shape index (κ1) is 14.1. The van der Waals surface area contributed by atoms with E-state index >= 15 is 0 Å². The van der Waals surface area contributed by atoms with E-state index in [1.807, 2.05) is 60.7 Å². The van der Waals surface area contributed by atoms with Crippen molar-refractivity contribution in [1.82, 2.24) is 5.01 Å². The van der Waals surface area contributed by atoms with Gasteiger partial charge < -0.3 is 4.74 Å². The summed E-state index contributed by atoms with van der Waals surface area (Å²) in [5, 5.41) is 5.66. The Morgan fingerprint density at radius 1 is 1.09 bits per heavy atom. The van der Waals surface area contributed by atoms with Gasteiger partial charge in [0, 0.05) is 0 Å². The van der Waals surface area contributed by atoms with Crippen molar-refractivity contribution in [2.45, 2.75) is 6.54 Å². The van der Waals surface area contributed by atoms with E-state index in [4.69, 9.17) is 4.74 Å². The van der Waals surface area contributed by atoms with E-state index in [1.165, 1.54) is 5.01 Å².